The lowest BCUT2D eigenvalue weighted by Gasteiger charge is -2.25. The summed E-state index contributed by atoms with van der Waals surface area (Å²) in [6, 6.07) is -0.496. The summed E-state index contributed by atoms with van der Waals surface area (Å²) in [7, 11) is 0. The van der Waals surface area contributed by atoms with Crippen LogP contribution in [0.5, 0.6) is 0 Å². The van der Waals surface area contributed by atoms with Crippen LogP contribution in [0, 0.1) is 0 Å². The first-order valence-electron chi connectivity index (χ1n) is 5.59. The molecule has 0 unspecified atom stereocenters. The van der Waals surface area contributed by atoms with Gasteiger partial charge in [-0.2, -0.15) is 0 Å². The van der Waals surface area contributed by atoms with E-state index in [1.54, 1.807) is 13.8 Å². The van der Waals surface area contributed by atoms with E-state index in [4.69, 9.17) is 11.5 Å². The summed E-state index contributed by atoms with van der Waals surface area (Å²) in [5.41, 5.74) is 10.2. The Kier molecular flexibility index (Phi) is 6.21. The Hall–Kier alpha value is -0.940. The number of unbranched alkanes of at least 4 members (excludes halogenated alkanes) is 1. The summed E-state index contributed by atoms with van der Waals surface area (Å²) in [5, 5.41) is 2.64. The molecule has 0 heterocycles. The number of nitrogens with two attached hydrogens (primary N) is 2. The van der Waals surface area contributed by atoms with Crippen molar-refractivity contribution in [2.75, 3.05) is 6.54 Å². The number of ketones is 1. The molecule has 1 amide bonds. The Balaban J connectivity index is 4.42. The maximum atomic E-state index is 11.9. The zero-order chi connectivity index (χ0) is 12.8. The first-order chi connectivity index (χ1) is 7.29. The van der Waals surface area contributed by atoms with Crippen LogP contribution in [0.2, 0.25) is 0 Å². The van der Waals surface area contributed by atoms with E-state index in [0.29, 0.717) is 13.0 Å². The van der Waals surface area contributed by atoms with Crippen molar-refractivity contribution in [1.82, 2.24) is 5.32 Å². The van der Waals surface area contributed by atoms with Crippen LogP contribution in [-0.2, 0) is 9.59 Å². The molecule has 5 nitrogen and oxygen atoms in total. The molecule has 16 heavy (non-hydrogen) atoms. The standard InChI is InChI=1S/C11H23N3O2/c1-8(15)14-9(6-4-5-7-12)10(16)11(2,3)13/h9H,4-7,12-13H2,1-3H3,(H,14,15)/t9-/m0/s1. The van der Waals surface area contributed by atoms with Gasteiger partial charge in [0.15, 0.2) is 5.78 Å². The fourth-order valence-electron chi connectivity index (χ4n) is 1.46. The second kappa shape index (κ2) is 6.60. The third kappa shape index (κ3) is 5.82. The Morgan fingerprint density at radius 3 is 2.25 bits per heavy atom. The van der Waals surface area contributed by atoms with E-state index in [1.165, 1.54) is 6.92 Å². The van der Waals surface area contributed by atoms with Gasteiger partial charge in [0.2, 0.25) is 5.91 Å². The molecule has 0 aromatic carbocycles. The van der Waals surface area contributed by atoms with E-state index in [1.807, 2.05) is 0 Å². The number of hydrogen-bond acceptors (Lipinski definition) is 4. The molecule has 0 radical (unpaired) electrons. The van der Waals surface area contributed by atoms with Crippen molar-refractivity contribution in [1.29, 1.82) is 0 Å². The van der Waals surface area contributed by atoms with Gasteiger partial charge in [0, 0.05) is 6.92 Å². The molecule has 5 N–H and O–H groups in total. The van der Waals surface area contributed by atoms with Crippen LogP contribution in [0.15, 0.2) is 0 Å². The summed E-state index contributed by atoms with van der Waals surface area (Å²) < 4.78 is 0. The first-order valence-corrected chi connectivity index (χ1v) is 5.59. The van der Waals surface area contributed by atoms with Gasteiger partial charge in [0.25, 0.3) is 0 Å². The van der Waals surface area contributed by atoms with Crippen molar-refractivity contribution in [2.24, 2.45) is 11.5 Å². The molecule has 0 aliphatic heterocycles. The maximum Gasteiger partial charge on any atom is 0.217 e. The van der Waals surface area contributed by atoms with Crippen molar-refractivity contribution in [2.45, 2.75) is 51.6 Å². The summed E-state index contributed by atoms with van der Waals surface area (Å²) >= 11 is 0. The smallest absolute Gasteiger partial charge is 0.217 e. The fraction of sp³-hybridized carbons (Fsp3) is 0.818. The van der Waals surface area contributed by atoms with Gasteiger partial charge in [-0.3, -0.25) is 9.59 Å². The highest BCUT2D eigenvalue weighted by molar-refractivity contribution is 5.94. The Morgan fingerprint density at radius 2 is 1.88 bits per heavy atom. The van der Waals surface area contributed by atoms with E-state index < -0.39 is 11.6 Å². The SMILES string of the molecule is CC(=O)N[C@@H](CCCCN)C(=O)C(C)(C)N. The predicted octanol–water partition coefficient (Wildman–Crippen LogP) is -0.0735. The average Bonchev–Trinajstić information content (AvgIpc) is 2.13. The van der Waals surface area contributed by atoms with Crippen molar-refractivity contribution in [3.63, 3.8) is 0 Å². The molecule has 0 aromatic rings. The molecule has 0 aliphatic carbocycles. The molecule has 5 heteroatoms. The molecular formula is C11H23N3O2. The van der Waals surface area contributed by atoms with Gasteiger partial charge in [0.1, 0.15) is 0 Å². The topological polar surface area (TPSA) is 98.2 Å². The van der Waals surface area contributed by atoms with E-state index in [0.717, 1.165) is 12.8 Å². The van der Waals surface area contributed by atoms with Crippen molar-refractivity contribution >= 4 is 11.7 Å². The van der Waals surface area contributed by atoms with E-state index >= 15 is 0 Å². The molecule has 0 rings (SSSR count). The summed E-state index contributed by atoms with van der Waals surface area (Å²) in [6.07, 6.45) is 2.24. The molecule has 0 aromatic heterocycles. The van der Waals surface area contributed by atoms with Gasteiger partial charge >= 0.3 is 0 Å². The van der Waals surface area contributed by atoms with Gasteiger partial charge in [-0.25, -0.2) is 0 Å². The van der Waals surface area contributed by atoms with Crippen LogP contribution >= 0.6 is 0 Å². The van der Waals surface area contributed by atoms with Crippen molar-refractivity contribution < 1.29 is 9.59 Å². The second-order valence-corrected chi connectivity index (χ2v) is 4.62. The zero-order valence-electron chi connectivity index (χ0n) is 10.4. The zero-order valence-corrected chi connectivity index (χ0v) is 10.4. The van der Waals surface area contributed by atoms with E-state index in [2.05, 4.69) is 5.32 Å². The first kappa shape index (κ1) is 15.1. The highest BCUT2D eigenvalue weighted by Crippen LogP contribution is 2.09. The third-order valence-electron chi connectivity index (χ3n) is 2.28. The Labute approximate surface area is 96.9 Å². The molecule has 0 saturated carbocycles. The van der Waals surface area contributed by atoms with Gasteiger partial charge in [-0.05, 0) is 39.7 Å². The van der Waals surface area contributed by atoms with Crippen LogP contribution in [0.1, 0.15) is 40.0 Å². The minimum atomic E-state index is -0.921. The molecule has 0 spiro atoms. The normalized spacial score (nSPS) is 13.3. The molecule has 94 valence electrons. The van der Waals surface area contributed by atoms with Crippen LogP contribution < -0.4 is 16.8 Å². The van der Waals surface area contributed by atoms with Crippen LogP contribution in [0.25, 0.3) is 0 Å². The Morgan fingerprint density at radius 1 is 1.31 bits per heavy atom. The van der Waals surface area contributed by atoms with E-state index in [9.17, 15) is 9.59 Å². The summed E-state index contributed by atoms with van der Waals surface area (Å²) in [4.78, 5) is 22.9. The lowest BCUT2D eigenvalue weighted by molar-refractivity contribution is -0.129. The fourth-order valence-corrected chi connectivity index (χ4v) is 1.46. The second-order valence-electron chi connectivity index (χ2n) is 4.62. The summed E-state index contributed by atoms with van der Waals surface area (Å²) in [6.45, 7) is 5.28. The minimum absolute atomic E-state index is 0.139. The van der Waals surface area contributed by atoms with Crippen molar-refractivity contribution in [3.8, 4) is 0 Å². The van der Waals surface area contributed by atoms with Gasteiger partial charge < -0.3 is 16.8 Å². The lowest BCUT2D eigenvalue weighted by atomic mass is 9.91. The molecule has 0 bridgehead atoms. The van der Waals surface area contributed by atoms with Crippen molar-refractivity contribution in [3.05, 3.63) is 0 Å². The largest absolute Gasteiger partial charge is 0.346 e. The Bertz CT molecular complexity index is 246. The van der Waals surface area contributed by atoms with E-state index in [-0.39, 0.29) is 11.7 Å². The quantitative estimate of drug-likeness (QED) is 0.532. The highest BCUT2D eigenvalue weighted by atomic mass is 16.2. The van der Waals surface area contributed by atoms with Gasteiger partial charge in [-0.1, -0.05) is 0 Å². The number of nitrogens with one attached hydrogen (secondary N) is 1. The predicted molar refractivity (Wildman–Crippen MR) is 63.8 cm³/mol. The van der Waals surface area contributed by atoms with Crippen LogP contribution in [0.4, 0.5) is 0 Å². The average molecular weight is 229 g/mol. The van der Waals surface area contributed by atoms with Crippen LogP contribution in [0.3, 0.4) is 0 Å². The number of hydrogen-bond donors (Lipinski definition) is 3. The lowest BCUT2D eigenvalue weighted by Crippen LogP contribution is -2.53. The van der Waals surface area contributed by atoms with Gasteiger partial charge in [0.05, 0.1) is 11.6 Å². The number of rotatable bonds is 7. The molecule has 0 saturated heterocycles. The minimum Gasteiger partial charge on any atom is -0.346 e. The number of Topliss-reactive ketones (excluding diaryl/α,β-unsaturated/α-hetero) is 1. The number of carbonyl (C=O) groups is 2. The number of amides is 1. The van der Waals surface area contributed by atoms with Gasteiger partial charge in [-0.15, -0.1) is 0 Å². The highest BCUT2D eigenvalue weighted by Gasteiger charge is 2.30. The molecule has 1 atom stereocenters. The third-order valence-corrected chi connectivity index (χ3v) is 2.28. The summed E-state index contributed by atoms with van der Waals surface area (Å²) in [5.74, 6) is -0.352. The molecular weight excluding hydrogens is 206 g/mol. The monoisotopic (exact) mass is 229 g/mol. The maximum absolute atomic E-state index is 11.9. The molecule has 0 aliphatic rings. The molecule has 0 fully saturated rings. The number of carbonyl (C=O) groups excluding carboxylic acids is 2. The van der Waals surface area contributed by atoms with Crippen LogP contribution in [-0.4, -0.2) is 29.8 Å².